The van der Waals surface area contributed by atoms with Gasteiger partial charge in [0.2, 0.25) is 0 Å². The van der Waals surface area contributed by atoms with Crippen molar-refractivity contribution in [1.82, 2.24) is 10.3 Å². The van der Waals surface area contributed by atoms with Crippen molar-refractivity contribution in [3.05, 3.63) is 70.4 Å². The summed E-state index contributed by atoms with van der Waals surface area (Å²) in [6.45, 7) is 5.16. The van der Waals surface area contributed by atoms with Crippen molar-refractivity contribution in [3.8, 4) is 5.75 Å². The lowest BCUT2D eigenvalue weighted by Crippen LogP contribution is -2.46. The Hall–Kier alpha value is -3.88. The molecular weight excluding hydrogens is 402 g/mol. The van der Waals surface area contributed by atoms with E-state index in [2.05, 4.69) is 10.3 Å². The highest BCUT2D eigenvalue weighted by molar-refractivity contribution is 5.86. The fourth-order valence-corrected chi connectivity index (χ4v) is 2.99. The third kappa shape index (κ3) is 5.81. The van der Waals surface area contributed by atoms with Crippen LogP contribution in [0.3, 0.4) is 0 Å². The normalized spacial score (nSPS) is 12.2. The van der Waals surface area contributed by atoms with E-state index in [4.69, 9.17) is 9.47 Å². The van der Waals surface area contributed by atoms with E-state index in [1.807, 2.05) is 24.3 Å². The summed E-state index contributed by atoms with van der Waals surface area (Å²) in [5.41, 5.74) is 0.856. The molecule has 1 amide bonds. The molecule has 1 aromatic heterocycles. The van der Waals surface area contributed by atoms with Crippen LogP contribution in [-0.2, 0) is 16.0 Å². The highest BCUT2D eigenvalue weighted by Crippen LogP contribution is 2.21. The molecule has 0 unspecified atom stereocenters. The molecule has 1 heterocycles. The lowest BCUT2D eigenvalue weighted by molar-refractivity contribution is -0.384. The minimum atomic E-state index is -1.04. The van der Waals surface area contributed by atoms with Crippen LogP contribution in [0.1, 0.15) is 26.3 Å². The molecule has 0 saturated heterocycles. The minimum Gasteiger partial charge on any atom is -0.444 e. The van der Waals surface area contributed by atoms with Gasteiger partial charge in [0.15, 0.2) is 0 Å². The van der Waals surface area contributed by atoms with Crippen LogP contribution in [0.2, 0.25) is 0 Å². The number of para-hydroxylation sites is 1. The Morgan fingerprint density at radius 1 is 1.13 bits per heavy atom. The van der Waals surface area contributed by atoms with E-state index < -0.39 is 28.6 Å². The van der Waals surface area contributed by atoms with Gasteiger partial charge in [-0.1, -0.05) is 18.2 Å². The Bertz CT molecular complexity index is 1100. The molecule has 9 nitrogen and oxygen atoms in total. The minimum absolute atomic E-state index is 0.123. The Morgan fingerprint density at radius 2 is 1.81 bits per heavy atom. The van der Waals surface area contributed by atoms with E-state index in [-0.39, 0.29) is 17.9 Å². The molecule has 0 spiro atoms. The van der Waals surface area contributed by atoms with Gasteiger partial charge in [-0.15, -0.1) is 0 Å². The van der Waals surface area contributed by atoms with Crippen LogP contribution >= 0.6 is 0 Å². The summed E-state index contributed by atoms with van der Waals surface area (Å²) in [6, 6.07) is 11.7. The van der Waals surface area contributed by atoms with Crippen LogP contribution in [0, 0.1) is 10.1 Å². The number of nitro groups is 1. The average Bonchev–Trinajstić information content (AvgIpc) is 3.09. The van der Waals surface area contributed by atoms with Gasteiger partial charge < -0.3 is 19.8 Å². The maximum absolute atomic E-state index is 12.9. The number of hydrogen-bond donors (Lipinski definition) is 2. The molecule has 0 bridgehead atoms. The number of H-pyrrole nitrogens is 1. The SMILES string of the molecule is CC(C)(C)OC(=O)N[C@@H](Cc1c[nH]c2ccccc12)C(=O)Oc1ccc([N+](=O)[O-])cc1. The molecule has 3 rings (SSSR count). The Labute approximate surface area is 178 Å². The second-order valence-electron chi connectivity index (χ2n) is 7.93. The first kappa shape index (κ1) is 21.8. The van der Waals surface area contributed by atoms with Gasteiger partial charge in [-0.25, -0.2) is 9.59 Å². The predicted octanol–water partition coefficient (Wildman–Crippen LogP) is 4.12. The number of esters is 1. The molecule has 31 heavy (non-hydrogen) atoms. The average molecular weight is 425 g/mol. The summed E-state index contributed by atoms with van der Waals surface area (Å²) in [4.78, 5) is 38.6. The quantitative estimate of drug-likeness (QED) is 0.265. The van der Waals surface area contributed by atoms with Gasteiger partial charge in [0.05, 0.1) is 4.92 Å². The van der Waals surface area contributed by atoms with Crippen LogP contribution < -0.4 is 10.1 Å². The second kappa shape index (κ2) is 8.86. The van der Waals surface area contributed by atoms with E-state index in [0.29, 0.717) is 0 Å². The van der Waals surface area contributed by atoms with Gasteiger partial charge in [0, 0.05) is 35.7 Å². The van der Waals surface area contributed by atoms with E-state index in [9.17, 15) is 19.7 Å². The number of ether oxygens (including phenoxy) is 2. The van der Waals surface area contributed by atoms with Crippen LogP contribution in [0.5, 0.6) is 5.75 Å². The van der Waals surface area contributed by atoms with Crippen molar-refractivity contribution in [2.45, 2.75) is 38.8 Å². The number of hydrogen-bond acceptors (Lipinski definition) is 6. The number of aromatic amines is 1. The monoisotopic (exact) mass is 425 g/mol. The lowest BCUT2D eigenvalue weighted by atomic mass is 10.1. The van der Waals surface area contributed by atoms with Crippen LogP contribution in [0.4, 0.5) is 10.5 Å². The van der Waals surface area contributed by atoms with Gasteiger partial charge >= 0.3 is 12.1 Å². The molecule has 9 heteroatoms. The molecule has 1 atom stereocenters. The molecule has 0 fully saturated rings. The first-order chi connectivity index (χ1) is 14.6. The number of non-ortho nitro benzene ring substituents is 1. The number of nitro benzene ring substituents is 1. The number of nitrogens with zero attached hydrogens (tertiary/aromatic N) is 1. The number of carbonyl (C=O) groups excluding carboxylic acids is 2. The molecule has 162 valence electrons. The van der Waals surface area contributed by atoms with E-state index in [1.54, 1.807) is 27.0 Å². The third-order valence-corrected chi connectivity index (χ3v) is 4.34. The highest BCUT2D eigenvalue weighted by atomic mass is 16.6. The van der Waals surface area contributed by atoms with Crippen molar-refractivity contribution < 1.29 is 24.0 Å². The van der Waals surface area contributed by atoms with Crippen LogP contribution in [0.15, 0.2) is 54.7 Å². The van der Waals surface area contributed by atoms with E-state index >= 15 is 0 Å². The molecular formula is C22H23N3O6. The smallest absolute Gasteiger partial charge is 0.408 e. The highest BCUT2D eigenvalue weighted by Gasteiger charge is 2.27. The molecule has 2 aromatic carbocycles. The zero-order valence-corrected chi connectivity index (χ0v) is 17.4. The molecule has 0 radical (unpaired) electrons. The number of amides is 1. The number of aromatic nitrogens is 1. The standard InChI is InChI=1S/C22H23N3O6/c1-22(2,3)31-21(27)24-19(12-14-13-23-18-7-5-4-6-17(14)18)20(26)30-16-10-8-15(9-11-16)25(28)29/h4-11,13,19,23H,12H2,1-3H3,(H,24,27)/t19-/m0/s1. The number of fused-ring (bicyclic) bond motifs is 1. The molecule has 2 N–H and O–H groups in total. The van der Waals surface area contributed by atoms with Gasteiger partial charge in [0.25, 0.3) is 5.69 Å². The first-order valence-corrected chi connectivity index (χ1v) is 9.63. The van der Waals surface area contributed by atoms with Crippen molar-refractivity contribution >= 4 is 28.7 Å². The molecule has 0 aliphatic carbocycles. The zero-order chi connectivity index (χ0) is 22.6. The number of alkyl carbamates (subject to hydrolysis) is 1. The maximum Gasteiger partial charge on any atom is 0.408 e. The largest absolute Gasteiger partial charge is 0.444 e. The zero-order valence-electron chi connectivity index (χ0n) is 17.4. The summed E-state index contributed by atoms with van der Waals surface area (Å²) in [6.07, 6.45) is 1.18. The second-order valence-corrected chi connectivity index (χ2v) is 7.93. The molecule has 0 aliphatic rings. The van der Waals surface area contributed by atoms with Crippen molar-refractivity contribution in [1.29, 1.82) is 0 Å². The van der Waals surface area contributed by atoms with Crippen molar-refractivity contribution in [3.63, 3.8) is 0 Å². The van der Waals surface area contributed by atoms with Crippen molar-refractivity contribution in [2.75, 3.05) is 0 Å². The number of carbonyl (C=O) groups is 2. The molecule has 3 aromatic rings. The first-order valence-electron chi connectivity index (χ1n) is 9.63. The Morgan fingerprint density at radius 3 is 2.45 bits per heavy atom. The summed E-state index contributed by atoms with van der Waals surface area (Å²) >= 11 is 0. The Kier molecular flexibility index (Phi) is 6.24. The number of benzene rings is 2. The molecule has 0 saturated carbocycles. The predicted molar refractivity (Wildman–Crippen MR) is 114 cm³/mol. The topological polar surface area (TPSA) is 124 Å². The van der Waals surface area contributed by atoms with Crippen LogP contribution in [0.25, 0.3) is 10.9 Å². The molecule has 0 aliphatic heterocycles. The lowest BCUT2D eigenvalue weighted by Gasteiger charge is -2.23. The van der Waals surface area contributed by atoms with Gasteiger partial charge in [-0.2, -0.15) is 0 Å². The van der Waals surface area contributed by atoms with Crippen molar-refractivity contribution in [2.24, 2.45) is 0 Å². The third-order valence-electron chi connectivity index (χ3n) is 4.34. The summed E-state index contributed by atoms with van der Waals surface area (Å²) < 4.78 is 10.6. The maximum atomic E-state index is 12.9. The van der Waals surface area contributed by atoms with Gasteiger partial charge in [-0.05, 0) is 44.5 Å². The summed E-state index contributed by atoms with van der Waals surface area (Å²) in [5, 5.41) is 14.3. The van der Waals surface area contributed by atoms with Gasteiger partial charge in [0.1, 0.15) is 17.4 Å². The Balaban J connectivity index is 1.80. The summed E-state index contributed by atoms with van der Waals surface area (Å²) in [7, 11) is 0. The van der Waals surface area contributed by atoms with E-state index in [0.717, 1.165) is 16.5 Å². The van der Waals surface area contributed by atoms with Gasteiger partial charge in [-0.3, -0.25) is 10.1 Å². The fourth-order valence-electron chi connectivity index (χ4n) is 2.99. The number of nitrogens with one attached hydrogen (secondary N) is 2. The van der Waals surface area contributed by atoms with E-state index in [1.165, 1.54) is 24.3 Å². The van der Waals surface area contributed by atoms with Crippen LogP contribution in [-0.4, -0.2) is 33.6 Å². The number of rotatable bonds is 6. The summed E-state index contributed by atoms with van der Waals surface area (Å²) in [5.74, 6) is -0.587. The fraction of sp³-hybridized carbons (Fsp3) is 0.273.